The molecule has 1 amide bonds. The SMILES string of the molecule is O=C(NCc1ccnc(N2CCOCC2)c1)c1ccc(OC(F)F)cc1. The molecule has 0 saturated carbocycles. The Bertz CT molecular complexity index is 735. The molecule has 1 fully saturated rings. The van der Waals surface area contributed by atoms with E-state index in [9.17, 15) is 13.6 Å². The number of amides is 1. The van der Waals surface area contributed by atoms with Crippen LogP contribution in [0, 0.1) is 0 Å². The van der Waals surface area contributed by atoms with Crippen molar-refractivity contribution in [2.45, 2.75) is 13.2 Å². The highest BCUT2D eigenvalue weighted by atomic mass is 19.3. The number of nitrogens with one attached hydrogen (secondary N) is 1. The molecule has 8 heteroatoms. The molecule has 1 aromatic carbocycles. The van der Waals surface area contributed by atoms with Crippen molar-refractivity contribution in [3.05, 3.63) is 53.7 Å². The van der Waals surface area contributed by atoms with Gasteiger partial charge in [0.05, 0.1) is 13.2 Å². The maximum Gasteiger partial charge on any atom is 0.387 e. The van der Waals surface area contributed by atoms with Crippen LogP contribution in [0.25, 0.3) is 0 Å². The molecule has 1 saturated heterocycles. The van der Waals surface area contributed by atoms with Gasteiger partial charge in [-0.1, -0.05) is 0 Å². The van der Waals surface area contributed by atoms with E-state index < -0.39 is 6.61 Å². The Morgan fingerprint density at radius 2 is 1.96 bits per heavy atom. The predicted molar refractivity (Wildman–Crippen MR) is 91.5 cm³/mol. The van der Waals surface area contributed by atoms with Crippen molar-refractivity contribution in [1.82, 2.24) is 10.3 Å². The van der Waals surface area contributed by atoms with Crippen molar-refractivity contribution in [3.8, 4) is 5.75 Å². The van der Waals surface area contributed by atoms with E-state index in [-0.39, 0.29) is 11.7 Å². The molecule has 0 spiro atoms. The van der Waals surface area contributed by atoms with Gasteiger partial charge in [-0.05, 0) is 42.0 Å². The van der Waals surface area contributed by atoms with Crippen LogP contribution in [0.5, 0.6) is 5.75 Å². The Morgan fingerprint density at radius 1 is 1.23 bits per heavy atom. The van der Waals surface area contributed by atoms with Gasteiger partial charge in [0.25, 0.3) is 5.91 Å². The zero-order chi connectivity index (χ0) is 18.4. The van der Waals surface area contributed by atoms with E-state index in [0.29, 0.717) is 25.3 Å². The molecule has 1 N–H and O–H groups in total. The molecule has 138 valence electrons. The minimum atomic E-state index is -2.89. The number of alkyl halides is 2. The maximum atomic E-state index is 12.2. The van der Waals surface area contributed by atoms with Crippen LogP contribution in [0.3, 0.4) is 0 Å². The zero-order valence-corrected chi connectivity index (χ0v) is 14.0. The van der Waals surface area contributed by atoms with Crippen LogP contribution >= 0.6 is 0 Å². The number of rotatable bonds is 6. The lowest BCUT2D eigenvalue weighted by atomic mass is 10.2. The Balaban J connectivity index is 1.57. The average molecular weight is 363 g/mol. The first-order valence-corrected chi connectivity index (χ1v) is 8.22. The summed E-state index contributed by atoms with van der Waals surface area (Å²) in [6.45, 7) is 0.378. The fourth-order valence-corrected chi connectivity index (χ4v) is 2.61. The first-order valence-electron chi connectivity index (χ1n) is 8.22. The number of pyridine rings is 1. The quantitative estimate of drug-likeness (QED) is 0.854. The molecule has 0 atom stereocenters. The molecule has 0 radical (unpaired) electrons. The van der Waals surface area contributed by atoms with E-state index in [2.05, 4.69) is 19.9 Å². The number of carbonyl (C=O) groups is 1. The van der Waals surface area contributed by atoms with Gasteiger partial charge in [-0.3, -0.25) is 4.79 Å². The third-order valence-electron chi connectivity index (χ3n) is 3.94. The number of aromatic nitrogens is 1. The minimum Gasteiger partial charge on any atom is -0.435 e. The second-order valence-corrected chi connectivity index (χ2v) is 5.71. The molecule has 2 aromatic rings. The van der Waals surface area contributed by atoms with E-state index in [0.717, 1.165) is 24.5 Å². The lowest BCUT2D eigenvalue weighted by Crippen LogP contribution is -2.36. The van der Waals surface area contributed by atoms with E-state index in [1.165, 1.54) is 24.3 Å². The van der Waals surface area contributed by atoms with Gasteiger partial charge >= 0.3 is 6.61 Å². The summed E-state index contributed by atoms with van der Waals surface area (Å²) in [5.41, 5.74) is 1.29. The smallest absolute Gasteiger partial charge is 0.387 e. The van der Waals surface area contributed by atoms with E-state index in [4.69, 9.17) is 4.74 Å². The number of carbonyl (C=O) groups excluding carboxylic acids is 1. The fourth-order valence-electron chi connectivity index (χ4n) is 2.61. The van der Waals surface area contributed by atoms with Crippen molar-refractivity contribution >= 4 is 11.7 Å². The predicted octanol–water partition coefficient (Wildman–Crippen LogP) is 2.45. The first-order chi connectivity index (χ1) is 12.6. The summed E-state index contributed by atoms with van der Waals surface area (Å²) in [6.07, 6.45) is 1.71. The van der Waals surface area contributed by atoms with Crippen molar-refractivity contribution in [3.63, 3.8) is 0 Å². The van der Waals surface area contributed by atoms with Crippen LogP contribution in [0.1, 0.15) is 15.9 Å². The molecule has 26 heavy (non-hydrogen) atoms. The Morgan fingerprint density at radius 3 is 2.65 bits per heavy atom. The summed E-state index contributed by atoms with van der Waals surface area (Å²) in [7, 11) is 0. The molecular weight excluding hydrogens is 344 g/mol. The fraction of sp³-hybridized carbons (Fsp3) is 0.333. The Kier molecular flexibility index (Phi) is 5.96. The molecule has 6 nitrogen and oxygen atoms in total. The standard InChI is InChI=1S/C18H19F2N3O3/c19-18(20)26-15-3-1-14(2-4-15)17(24)22-12-13-5-6-21-16(11-13)23-7-9-25-10-8-23/h1-6,11,18H,7-10,12H2,(H,22,24). The normalized spacial score (nSPS) is 14.3. The average Bonchev–Trinajstić information content (AvgIpc) is 2.67. The van der Waals surface area contributed by atoms with Crippen LogP contribution in [0.15, 0.2) is 42.6 Å². The van der Waals surface area contributed by atoms with Crippen LogP contribution in [0.2, 0.25) is 0 Å². The number of ether oxygens (including phenoxy) is 2. The highest BCUT2D eigenvalue weighted by Crippen LogP contribution is 2.16. The lowest BCUT2D eigenvalue weighted by molar-refractivity contribution is -0.0498. The maximum absolute atomic E-state index is 12.2. The van der Waals surface area contributed by atoms with Crippen LogP contribution < -0.4 is 15.0 Å². The number of nitrogens with zero attached hydrogens (tertiary/aromatic N) is 2. The highest BCUT2D eigenvalue weighted by molar-refractivity contribution is 5.94. The summed E-state index contributed by atoms with van der Waals surface area (Å²) >= 11 is 0. The van der Waals surface area contributed by atoms with Gasteiger partial charge < -0.3 is 19.7 Å². The molecule has 2 heterocycles. The second-order valence-electron chi connectivity index (χ2n) is 5.71. The number of benzene rings is 1. The van der Waals surface area contributed by atoms with Crippen LogP contribution in [-0.4, -0.2) is 43.8 Å². The van der Waals surface area contributed by atoms with Crippen molar-refractivity contribution < 1.29 is 23.0 Å². The molecule has 0 aliphatic carbocycles. The van der Waals surface area contributed by atoms with Gasteiger partial charge in [0.1, 0.15) is 11.6 Å². The third-order valence-corrected chi connectivity index (χ3v) is 3.94. The molecule has 3 rings (SSSR count). The van der Waals surface area contributed by atoms with E-state index in [1.54, 1.807) is 6.20 Å². The van der Waals surface area contributed by atoms with Crippen LogP contribution in [-0.2, 0) is 11.3 Å². The number of anilines is 1. The number of hydrogen-bond acceptors (Lipinski definition) is 5. The van der Waals surface area contributed by atoms with Gasteiger partial charge in [-0.25, -0.2) is 4.98 Å². The van der Waals surface area contributed by atoms with Gasteiger partial charge in [0, 0.05) is 31.4 Å². The summed E-state index contributed by atoms with van der Waals surface area (Å²) in [5.74, 6) is 0.577. The topological polar surface area (TPSA) is 63.7 Å². The van der Waals surface area contributed by atoms with Gasteiger partial charge in [0.15, 0.2) is 0 Å². The van der Waals surface area contributed by atoms with Crippen molar-refractivity contribution in [2.75, 3.05) is 31.2 Å². The Labute approximate surface area is 149 Å². The monoisotopic (exact) mass is 363 g/mol. The molecule has 1 aliphatic rings. The Hall–Kier alpha value is -2.74. The zero-order valence-electron chi connectivity index (χ0n) is 14.0. The summed E-state index contributed by atoms with van der Waals surface area (Å²) in [5, 5.41) is 2.81. The lowest BCUT2D eigenvalue weighted by Gasteiger charge is -2.28. The second kappa shape index (κ2) is 8.57. The number of hydrogen-bond donors (Lipinski definition) is 1. The van der Waals surface area contributed by atoms with Crippen molar-refractivity contribution in [2.24, 2.45) is 0 Å². The third kappa shape index (κ3) is 4.89. The van der Waals surface area contributed by atoms with Crippen LogP contribution in [0.4, 0.5) is 14.6 Å². The van der Waals surface area contributed by atoms with Crippen molar-refractivity contribution in [1.29, 1.82) is 0 Å². The number of morpholine rings is 1. The summed E-state index contributed by atoms with van der Waals surface area (Å²) in [4.78, 5) is 18.7. The molecule has 1 aromatic heterocycles. The summed E-state index contributed by atoms with van der Waals surface area (Å²) in [6, 6.07) is 9.33. The number of halogens is 2. The minimum absolute atomic E-state index is 0.0147. The molecule has 0 unspecified atom stereocenters. The van der Waals surface area contributed by atoms with Gasteiger partial charge in [0.2, 0.25) is 0 Å². The summed E-state index contributed by atoms with van der Waals surface area (Å²) < 4.78 is 33.9. The largest absolute Gasteiger partial charge is 0.435 e. The van der Waals surface area contributed by atoms with E-state index >= 15 is 0 Å². The van der Waals surface area contributed by atoms with E-state index in [1.807, 2.05) is 12.1 Å². The molecule has 1 aliphatic heterocycles. The van der Waals surface area contributed by atoms with Gasteiger partial charge in [-0.15, -0.1) is 0 Å². The molecule has 0 bridgehead atoms. The molecular formula is C18H19F2N3O3. The van der Waals surface area contributed by atoms with Gasteiger partial charge in [-0.2, -0.15) is 8.78 Å². The highest BCUT2D eigenvalue weighted by Gasteiger charge is 2.13. The first kappa shape index (κ1) is 18.1.